The van der Waals surface area contributed by atoms with Crippen LogP contribution >= 0.6 is 23.2 Å². The smallest absolute Gasteiger partial charge is 0.279 e. The van der Waals surface area contributed by atoms with Gasteiger partial charge in [-0.05, 0) is 50.2 Å². The number of ether oxygens (including phenoxy) is 1. The molecule has 0 aliphatic heterocycles. The van der Waals surface area contributed by atoms with Crippen molar-refractivity contribution in [1.82, 2.24) is 0 Å². The zero-order valence-electron chi connectivity index (χ0n) is 13.7. The zero-order valence-corrected chi connectivity index (χ0v) is 15.2. The number of nitrogens with one attached hydrogen (secondary N) is 1. The Morgan fingerprint density at radius 1 is 1.21 bits per heavy atom. The minimum absolute atomic E-state index is 0.0563. The second-order valence-corrected chi connectivity index (χ2v) is 6.24. The molecule has 0 aliphatic rings. The van der Waals surface area contributed by atoms with E-state index in [1.165, 1.54) is 0 Å². The van der Waals surface area contributed by atoms with Gasteiger partial charge in [-0.15, -0.1) is 0 Å². The first-order chi connectivity index (χ1) is 11.5. The molecule has 128 valence electrons. The van der Waals surface area contributed by atoms with Crippen LogP contribution in [0.4, 0.5) is 5.69 Å². The van der Waals surface area contributed by atoms with E-state index in [9.17, 15) is 4.79 Å². The van der Waals surface area contributed by atoms with E-state index in [0.717, 1.165) is 17.0 Å². The highest BCUT2D eigenvalue weighted by atomic mass is 35.5. The lowest BCUT2D eigenvalue weighted by Gasteiger charge is -2.13. The SMILES string of the molecule is CCOc1ccc(NC(=O)C[NH2+][C@@H](C)c2ccc(Cl)cc2Cl)cc1. The predicted octanol–water partition coefficient (Wildman–Crippen LogP) is 3.66. The molecule has 0 fully saturated rings. The van der Waals surface area contributed by atoms with Crippen LogP contribution < -0.4 is 15.4 Å². The van der Waals surface area contributed by atoms with E-state index >= 15 is 0 Å². The lowest BCUT2D eigenvalue weighted by molar-refractivity contribution is -0.682. The van der Waals surface area contributed by atoms with E-state index in [2.05, 4.69) is 5.32 Å². The van der Waals surface area contributed by atoms with E-state index in [1.807, 2.05) is 49.5 Å². The number of nitrogens with two attached hydrogens (primary N) is 1. The van der Waals surface area contributed by atoms with E-state index < -0.39 is 0 Å². The first-order valence-corrected chi connectivity index (χ1v) is 8.56. The summed E-state index contributed by atoms with van der Waals surface area (Å²) in [6.45, 7) is 4.85. The van der Waals surface area contributed by atoms with Crippen molar-refractivity contribution in [3.05, 3.63) is 58.1 Å². The highest BCUT2D eigenvalue weighted by Crippen LogP contribution is 2.24. The normalized spacial score (nSPS) is 11.8. The molecule has 0 saturated carbocycles. The van der Waals surface area contributed by atoms with Crippen molar-refractivity contribution in [2.45, 2.75) is 19.9 Å². The van der Waals surface area contributed by atoms with Gasteiger partial charge in [-0.3, -0.25) is 4.79 Å². The second kappa shape index (κ2) is 8.92. The van der Waals surface area contributed by atoms with Crippen molar-refractivity contribution in [2.24, 2.45) is 0 Å². The van der Waals surface area contributed by atoms with Crippen LogP contribution in [0.1, 0.15) is 25.5 Å². The zero-order chi connectivity index (χ0) is 17.5. The van der Waals surface area contributed by atoms with Gasteiger partial charge >= 0.3 is 0 Å². The maximum absolute atomic E-state index is 12.1. The summed E-state index contributed by atoms with van der Waals surface area (Å²) >= 11 is 12.1. The summed E-state index contributed by atoms with van der Waals surface area (Å²) in [6, 6.07) is 12.8. The van der Waals surface area contributed by atoms with Crippen LogP contribution in [0.2, 0.25) is 10.0 Å². The van der Waals surface area contributed by atoms with E-state index in [1.54, 1.807) is 12.1 Å². The van der Waals surface area contributed by atoms with Crippen LogP contribution in [0, 0.1) is 0 Å². The summed E-state index contributed by atoms with van der Waals surface area (Å²) < 4.78 is 5.37. The Labute approximate surface area is 152 Å². The van der Waals surface area contributed by atoms with Gasteiger partial charge in [0.1, 0.15) is 11.8 Å². The predicted molar refractivity (Wildman–Crippen MR) is 97.9 cm³/mol. The fourth-order valence-corrected chi connectivity index (χ4v) is 2.88. The molecular weight excluding hydrogens is 347 g/mol. The first-order valence-electron chi connectivity index (χ1n) is 7.80. The molecule has 2 aromatic rings. The Hall–Kier alpha value is -1.75. The van der Waals surface area contributed by atoms with E-state index in [-0.39, 0.29) is 11.9 Å². The van der Waals surface area contributed by atoms with Crippen LogP contribution in [-0.4, -0.2) is 19.1 Å². The van der Waals surface area contributed by atoms with Crippen molar-refractivity contribution >= 4 is 34.8 Å². The number of benzene rings is 2. The third-order valence-corrected chi connectivity index (χ3v) is 4.12. The van der Waals surface area contributed by atoms with Gasteiger partial charge in [-0.2, -0.15) is 0 Å². The highest BCUT2D eigenvalue weighted by molar-refractivity contribution is 6.35. The number of rotatable bonds is 7. The van der Waals surface area contributed by atoms with Crippen molar-refractivity contribution in [1.29, 1.82) is 0 Å². The largest absolute Gasteiger partial charge is 0.494 e. The molecule has 0 heterocycles. The molecule has 0 unspecified atom stereocenters. The lowest BCUT2D eigenvalue weighted by atomic mass is 10.1. The standard InChI is InChI=1S/C18H20Cl2N2O2/c1-3-24-15-7-5-14(6-8-15)22-18(23)11-21-12(2)16-9-4-13(19)10-17(16)20/h4-10,12,21H,3,11H2,1-2H3,(H,22,23)/p+1/t12-/m0/s1. The first kappa shape index (κ1) is 18.6. The Morgan fingerprint density at radius 3 is 2.54 bits per heavy atom. The molecule has 0 spiro atoms. The van der Waals surface area contributed by atoms with Gasteiger partial charge in [-0.25, -0.2) is 0 Å². The number of anilines is 1. The molecule has 4 nitrogen and oxygen atoms in total. The Bertz CT molecular complexity index is 690. The van der Waals surface area contributed by atoms with Gasteiger partial charge in [0.05, 0.1) is 11.6 Å². The molecule has 1 atom stereocenters. The van der Waals surface area contributed by atoms with Crippen LogP contribution in [0.5, 0.6) is 5.75 Å². The molecule has 6 heteroatoms. The Balaban J connectivity index is 1.86. The monoisotopic (exact) mass is 367 g/mol. The molecule has 0 saturated heterocycles. The van der Waals surface area contributed by atoms with Crippen molar-refractivity contribution in [3.8, 4) is 5.75 Å². The van der Waals surface area contributed by atoms with Gasteiger partial charge < -0.3 is 15.4 Å². The van der Waals surface area contributed by atoms with E-state index in [4.69, 9.17) is 27.9 Å². The van der Waals surface area contributed by atoms with Crippen molar-refractivity contribution in [2.75, 3.05) is 18.5 Å². The second-order valence-electron chi connectivity index (χ2n) is 5.40. The van der Waals surface area contributed by atoms with Crippen LogP contribution in [0.3, 0.4) is 0 Å². The molecule has 2 aromatic carbocycles. The molecule has 24 heavy (non-hydrogen) atoms. The Kier molecular flexibility index (Phi) is 6.91. The molecule has 3 N–H and O–H groups in total. The average molecular weight is 368 g/mol. The maximum Gasteiger partial charge on any atom is 0.279 e. The van der Waals surface area contributed by atoms with E-state index in [0.29, 0.717) is 23.2 Å². The average Bonchev–Trinajstić information content (AvgIpc) is 2.55. The number of carbonyl (C=O) groups excluding carboxylic acids is 1. The number of quaternary nitrogens is 1. The number of hydrogen-bond acceptors (Lipinski definition) is 2. The summed E-state index contributed by atoms with van der Waals surface area (Å²) in [5.74, 6) is 0.712. The number of carbonyl (C=O) groups is 1. The molecular formula is C18H21Cl2N2O2+. The summed E-state index contributed by atoms with van der Waals surface area (Å²) in [4.78, 5) is 12.1. The lowest BCUT2D eigenvalue weighted by Crippen LogP contribution is -2.86. The third-order valence-electron chi connectivity index (χ3n) is 3.56. The maximum atomic E-state index is 12.1. The molecule has 2 rings (SSSR count). The highest BCUT2D eigenvalue weighted by Gasteiger charge is 2.15. The van der Waals surface area contributed by atoms with Crippen LogP contribution in [-0.2, 0) is 4.79 Å². The topological polar surface area (TPSA) is 54.9 Å². The van der Waals surface area contributed by atoms with Gasteiger partial charge in [-0.1, -0.05) is 29.3 Å². The summed E-state index contributed by atoms with van der Waals surface area (Å²) in [5, 5.41) is 6.00. The molecule has 0 radical (unpaired) electrons. The number of hydrogen-bond donors (Lipinski definition) is 2. The van der Waals surface area contributed by atoms with Gasteiger partial charge in [0.15, 0.2) is 6.54 Å². The van der Waals surface area contributed by atoms with Gasteiger partial charge in [0.25, 0.3) is 5.91 Å². The fourth-order valence-electron chi connectivity index (χ4n) is 2.29. The minimum atomic E-state index is -0.0731. The molecule has 1 amide bonds. The van der Waals surface area contributed by atoms with Crippen LogP contribution in [0.25, 0.3) is 0 Å². The molecule has 0 bridgehead atoms. The quantitative estimate of drug-likeness (QED) is 0.784. The van der Waals surface area contributed by atoms with Crippen molar-refractivity contribution < 1.29 is 14.8 Å². The van der Waals surface area contributed by atoms with Gasteiger partial charge in [0.2, 0.25) is 0 Å². The number of halogens is 2. The van der Waals surface area contributed by atoms with Crippen molar-refractivity contribution in [3.63, 3.8) is 0 Å². The molecule has 0 aliphatic carbocycles. The number of amides is 1. The Morgan fingerprint density at radius 2 is 1.92 bits per heavy atom. The summed E-state index contributed by atoms with van der Waals surface area (Å²) in [6.07, 6.45) is 0. The minimum Gasteiger partial charge on any atom is -0.494 e. The fraction of sp³-hybridized carbons (Fsp3) is 0.278. The summed E-state index contributed by atoms with van der Waals surface area (Å²) in [7, 11) is 0. The third kappa shape index (κ3) is 5.41. The molecule has 0 aromatic heterocycles. The summed E-state index contributed by atoms with van der Waals surface area (Å²) in [5.41, 5.74) is 1.70. The van der Waals surface area contributed by atoms with Gasteiger partial charge in [0, 0.05) is 16.3 Å². The van der Waals surface area contributed by atoms with Crippen LogP contribution in [0.15, 0.2) is 42.5 Å².